The molecule has 4 heteroatoms. The third-order valence-electron chi connectivity index (χ3n) is 3.58. The molecule has 0 unspecified atom stereocenters. The predicted octanol–water partition coefficient (Wildman–Crippen LogP) is 1.44. The number of primary amides is 1. The lowest BCUT2D eigenvalue weighted by molar-refractivity contribution is 0.0445. The van der Waals surface area contributed by atoms with E-state index in [1.165, 1.54) is 0 Å². The number of rotatable bonds is 4. The van der Waals surface area contributed by atoms with Gasteiger partial charge in [0.2, 0.25) is 5.91 Å². The summed E-state index contributed by atoms with van der Waals surface area (Å²) < 4.78 is 5.36. The van der Waals surface area contributed by atoms with Crippen molar-refractivity contribution in [3.63, 3.8) is 0 Å². The van der Waals surface area contributed by atoms with Crippen LogP contribution in [0, 0.1) is 0 Å². The molecule has 0 atom stereocenters. The van der Waals surface area contributed by atoms with E-state index >= 15 is 0 Å². The maximum atomic E-state index is 11.3. The molecule has 1 aromatic rings. The van der Waals surface area contributed by atoms with Gasteiger partial charge in [0.05, 0.1) is 0 Å². The lowest BCUT2D eigenvalue weighted by atomic mass is 9.92. The van der Waals surface area contributed by atoms with Crippen molar-refractivity contribution >= 4 is 5.91 Å². The van der Waals surface area contributed by atoms with E-state index in [2.05, 4.69) is 12.2 Å². The molecule has 1 amide bonds. The summed E-state index contributed by atoms with van der Waals surface area (Å²) in [6.45, 7) is 4.44. The smallest absolute Gasteiger partial charge is 0.249 e. The molecule has 1 aliphatic rings. The van der Waals surface area contributed by atoms with Gasteiger partial charge in [0.15, 0.2) is 0 Å². The zero-order valence-corrected chi connectivity index (χ0v) is 10.7. The van der Waals surface area contributed by atoms with Gasteiger partial charge in [0.1, 0.15) is 0 Å². The normalized spacial score (nSPS) is 18.5. The summed E-state index contributed by atoms with van der Waals surface area (Å²) in [6.07, 6.45) is 1.98. The van der Waals surface area contributed by atoms with E-state index in [1.807, 2.05) is 18.2 Å². The van der Waals surface area contributed by atoms with Crippen LogP contribution in [-0.2, 0) is 11.3 Å². The summed E-state index contributed by atoms with van der Waals surface area (Å²) in [5, 5.41) is 3.52. The summed E-state index contributed by atoms with van der Waals surface area (Å²) in [5.74, 6) is -0.371. The number of benzene rings is 1. The minimum atomic E-state index is -0.371. The standard InChI is InChI=1S/C14H20N2O2/c1-14(6-8-18-9-7-14)16-10-11-4-2-3-5-12(11)13(15)17/h2-5,16H,6-10H2,1H3,(H2,15,17). The molecule has 18 heavy (non-hydrogen) atoms. The van der Waals surface area contributed by atoms with Gasteiger partial charge in [-0.15, -0.1) is 0 Å². The fourth-order valence-electron chi connectivity index (χ4n) is 2.22. The van der Waals surface area contributed by atoms with Gasteiger partial charge in [0.25, 0.3) is 0 Å². The van der Waals surface area contributed by atoms with Crippen LogP contribution in [-0.4, -0.2) is 24.7 Å². The van der Waals surface area contributed by atoms with Crippen molar-refractivity contribution in [1.82, 2.24) is 5.32 Å². The highest BCUT2D eigenvalue weighted by Gasteiger charge is 2.26. The highest BCUT2D eigenvalue weighted by Crippen LogP contribution is 2.20. The molecule has 0 bridgehead atoms. The minimum absolute atomic E-state index is 0.0863. The Kier molecular flexibility index (Phi) is 3.99. The molecule has 1 saturated heterocycles. The monoisotopic (exact) mass is 248 g/mol. The van der Waals surface area contributed by atoms with Gasteiger partial charge in [0, 0.05) is 30.9 Å². The molecule has 0 saturated carbocycles. The maximum Gasteiger partial charge on any atom is 0.249 e. The number of hydrogen-bond acceptors (Lipinski definition) is 3. The van der Waals surface area contributed by atoms with Gasteiger partial charge >= 0.3 is 0 Å². The first kappa shape index (κ1) is 13.1. The van der Waals surface area contributed by atoms with Crippen molar-refractivity contribution in [1.29, 1.82) is 0 Å². The summed E-state index contributed by atoms with van der Waals surface area (Å²) in [6, 6.07) is 7.47. The zero-order valence-electron chi connectivity index (χ0n) is 10.7. The quantitative estimate of drug-likeness (QED) is 0.847. The van der Waals surface area contributed by atoms with Gasteiger partial charge in [-0.05, 0) is 31.4 Å². The van der Waals surface area contributed by atoms with Gasteiger partial charge in [-0.2, -0.15) is 0 Å². The van der Waals surface area contributed by atoms with Crippen LogP contribution in [0.3, 0.4) is 0 Å². The first-order valence-corrected chi connectivity index (χ1v) is 6.31. The number of nitrogens with one attached hydrogen (secondary N) is 1. The van der Waals surface area contributed by atoms with Crippen molar-refractivity contribution in [3.8, 4) is 0 Å². The topological polar surface area (TPSA) is 64.3 Å². The largest absolute Gasteiger partial charge is 0.381 e. The van der Waals surface area contributed by atoms with Crippen LogP contribution in [0.15, 0.2) is 24.3 Å². The molecular formula is C14H20N2O2. The van der Waals surface area contributed by atoms with Gasteiger partial charge in [-0.1, -0.05) is 18.2 Å². The molecule has 1 fully saturated rings. The van der Waals surface area contributed by atoms with E-state index in [-0.39, 0.29) is 11.4 Å². The van der Waals surface area contributed by atoms with Crippen molar-refractivity contribution < 1.29 is 9.53 Å². The summed E-state index contributed by atoms with van der Waals surface area (Å²) >= 11 is 0. The lowest BCUT2D eigenvalue weighted by Crippen LogP contribution is -2.46. The highest BCUT2D eigenvalue weighted by atomic mass is 16.5. The Morgan fingerprint density at radius 3 is 2.72 bits per heavy atom. The second-order valence-corrected chi connectivity index (χ2v) is 5.05. The molecule has 0 radical (unpaired) electrons. The molecule has 0 spiro atoms. The van der Waals surface area contributed by atoms with Crippen molar-refractivity contribution in [2.24, 2.45) is 5.73 Å². The average Bonchev–Trinajstić information content (AvgIpc) is 2.38. The summed E-state index contributed by atoms with van der Waals surface area (Å²) in [5.41, 5.74) is 7.01. The first-order valence-electron chi connectivity index (χ1n) is 6.31. The predicted molar refractivity (Wildman–Crippen MR) is 70.3 cm³/mol. The second kappa shape index (κ2) is 5.50. The molecule has 0 aliphatic carbocycles. The number of carbonyl (C=O) groups excluding carboxylic acids is 1. The molecule has 2 rings (SSSR count). The van der Waals surface area contributed by atoms with E-state index in [4.69, 9.17) is 10.5 Å². The first-order chi connectivity index (χ1) is 8.61. The molecule has 1 aromatic carbocycles. The minimum Gasteiger partial charge on any atom is -0.381 e. The zero-order chi connectivity index (χ0) is 13.0. The molecular weight excluding hydrogens is 228 g/mol. The lowest BCUT2D eigenvalue weighted by Gasteiger charge is -2.34. The fraction of sp³-hybridized carbons (Fsp3) is 0.500. The van der Waals surface area contributed by atoms with Crippen LogP contribution in [0.1, 0.15) is 35.7 Å². The number of hydrogen-bond donors (Lipinski definition) is 2. The highest BCUT2D eigenvalue weighted by molar-refractivity contribution is 5.94. The van der Waals surface area contributed by atoms with Crippen molar-refractivity contribution in [2.75, 3.05) is 13.2 Å². The van der Waals surface area contributed by atoms with E-state index in [0.717, 1.165) is 31.6 Å². The van der Waals surface area contributed by atoms with Gasteiger partial charge in [-0.25, -0.2) is 0 Å². The van der Waals surface area contributed by atoms with Crippen molar-refractivity contribution in [3.05, 3.63) is 35.4 Å². The van der Waals surface area contributed by atoms with Crippen LogP contribution in [0.5, 0.6) is 0 Å². The van der Waals surface area contributed by atoms with E-state index in [1.54, 1.807) is 6.07 Å². The second-order valence-electron chi connectivity index (χ2n) is 5.05. The Bertz CT molecular complexity index is 426. The van der Waals surface area contributed by atoms with Crippen LogP contribution in [0.25, 0.3) is 0 Å². The Morgan fingerprint density at radius 1 is 1.39 bits per heavy atom. The number of carbonyl (C=O) groups is 1. The van der Waals surface area contributed by atoms with Crippen LogP contribution >= 0.6 is 0 Å². The van der Waals surface area contributed by atoms with Crippen LogP contribution < -0.4 is 11.1 Å². The number of nitrogens with two attached hydrogens (primary N) is 1. The van der Waals surface area contributed by atoms with Crippen LogP contribution in [0.2, 0.25) is 0 Å². The van der Waals surface area contributed by atoms with Crippen molar-refractivity contribution in [2.45, 2.75) is 31.8 Å². The number of ether oxygens (including phenoxy) is 1. The summed E-state index contributed by atoms with van der Waals surface area (Å²) in [7, 11) is 0. The Hall–Kier alpha value is -1.39. The molecule has 1 heterocycles. The maximum absolute atomic E-state index is 11.3. The summed E-state index contributed by atoms with van der Waals surface area (Å²) in [4.78, 5) is 11.3. The third-order valence-corrected chi connectivity index (χ3v) is 3.58. The number of amides is 1. The van der Waals surface area contributed by atoms with Gasteiger partial charge < -0.3 is 15.8 Å². The Morgan fingerprint density at radius 2 is 2.06 bits per heavy atom. The SMILES string of the molecule is CC1(NCc2ccccc2C(N)=O)CCOCC1. The van der Waals surface area contributed by atoms with E-state index in [9.17, 15) is 4.79 Å². The molecule has 3 N–H and O–H groups in total. The molecule has 0 aromatic heterocycles. The Balaban J connectivity index is 2.03. The molecule has 4 nitrogen and oxygen atoms in total. The third kappa shape index (κ3) is 3.09. The van der Waals surface area contributed by atoms with E-state index in [0.29, 0.717) is 12.1 Å². The van der Waals surface area contributed by atoms with Crippen LogP contribution in [0.4, 0.5) is 0 Å². The average molecular weight is 248 g/mol. The van der Waals surface area contributed by atoms with Gasteiger partial charge in [-0.3, -0.25) is 4.79 Å². The molecule has 98 valence electrons. The van der Waals surface area contributed by atoms with E-state index < -0.39 is 0 Å². The fourth-order valence-corrected chi connectivity index (χ4v) is 2.22. The Labute approximate surface area is 108 Å². The molecule has 1 aliphatic heterocycles.